The van der Waals surface area contributed by atoms with E-state index in [0.717, 1.165) is 5.69 Å². The van der Waals surface area contributed by atoms with Crippen LogP contribution in [0, 0.1) is 0 Å². The van der Waals surface area contributed by atoms with Crippen LogP contribution in [0.1, 0.15) is 11.8 Å². The van der Waals surface area contributed by atoms with Crippen molar-refractivity contribution in [3.63, 3.8) is 0 Å². The first-order chi connectivity index (χ1) is 6.24. The highest BCUT2D eigenvalue weighted by atomic mass is 32.2. The molecule has 3 nitrogen and oxygen atoms in total. The molecule has 0 N–H and O–H groups in total. The van der Waals surface area contributed by atoms with Crippen LogP contribution >= 0.6 is 0 Å². The highest BCUT2D eigenvalue weighted by Crippen LogP contribution is 2.13. The normalized spacial score (nSPS) is 15.2. The molecule has 0 aliphatic carbocycles. The van der Waals surface area contributed by atoms with E-state index in [1.54, 1.807) is 19.6 Å². The number of hydrogen-bond donors (Lipinski definition) is 0. The lowest BCUT2D eigenvalue weighted by Gasteiger charge is -2.12. The first kappa shape index (κ1) is 10.3. The molecule has 0 amide bonds. The molecule has 4 heteroatoms. The summed E-state index contributed by atoms with van der Waals surface area (Å²) in [6.45, 7) is 0. The van der Waals surface area contributed by atoms with Crippen LogP contribution in [0.15, 0.2) is 24.4 Å². The summed E-state index contributed by atoms with van der Waals surface area (Å²) >= 11 is 0. The van der Waals surface area contributed by atoms with Crippen molar-refractivity contribution >= 4 is 10.8 Å². The van der Waals surface area contributed by atoms with Gasteiger partial charge < -0.3 is 4.74 Å². The summed E-state index contributed by atoms with van der Waals surface area (Å²) < 4.78 is 16.2. The van der Waals surface area contributed by atoms with E-state index in [-0.39, 0.29) is 6.10 Å². The van der Waals surface area contributed by atoms with E-state index in [1.165, 1.54) is 0 Å². The topological polar surface area (TPSA) is 39.2 Å². The number of methoxy groups -OCH3 is 1. The average Bonchev–Trinajstić information content (AvgIpc) is 2.15. The van der Waals surface area contributed by atoms with Gasteiger partial charge in [-0.05, 0) is 12.1 Å². The summed E-state index contributed by atoms with van der Waals surface area (Å²) in [6, 6.07) is 5.62. The second kappa shape index (κ2) is 5.09. The average molecular weight is 199 g/mol. The fraction of sp³-hybridized carbons (Fsp3) is 0.444. The highest BCUT2D eigenvalue weighted by Gasteiger charge is 2.12. The molecule has 0 saturated carbocycles. The van der Waals surface area contributed by atoms with Gasteiger partial charge in [0.05, 0.1) is 11.4 Å². The predicted octanol–water partition coefficient (Wildman–Crippen LogP) is 1.15. The minimum atomic E-state index is -0.861. The van der Waals surface area contributed by atoms with Gasteiger partial charge in [-0.15, -0.1) is 0 Å². The van der Waals surface area contributed by atoms with Gasteiger partial charge in [-0.3, -0.25) is 9.19 Å². The molecule has 0 unspecified atom stereocenters. The van der Waals surface area contributed by atoms with E-state index >= 15 is 0 Å². The lowest BCUT2D eigenvalue weighted by molar-refractivity contribution is 0.119. The molecule has 0 fully saturated rings. The van der Waals surface area contributed by atoms with Gasteiger partial charge in [-0.25, -0.2) is 0 Å². The maximum absolute atomic E-state index is 11.0. The van der Waals surface area contributed by atoms with Gasteiger partial charge in [0.1, 0.15) is 6.10 Å². The van der Waals surface area contributed by atoms with Crippen molar-refractivity contribution < 1.29 is 8.95 Å². The summed E-state index contributed by atoms with van der Waals surface area (Å²) in [7, 11) is 0.742. The Morgan fingerprint density at radius 1 is 1.62 bits per heavy atom. The van der Waals surface area contributed by atoms with E-state index in [0.29, 0.717) is 5.75 Å². The molecule has 0 spiro atoms. The molecule has 0 bridgehead atoms. The summed E-state index contributed by atoms with van der Waals surface area (Å²) in [6.07, 6.45) is 3.21. The molecular weight excluding hydrogens is 186 g/mol. The van der Waals surface area contributed by atoms with Gasteiger partial charge in [-0.1, -0.05) is 6.07 Å². The fourth-order valence-corrected chi connectivity index (χ4v) is 1.79. The van der Waals surface area contributed by atoms with Crippen LogP contribution in [0.5, 0.6) is 0 Å². The molecule has 13 heavy (non-hydrogen) atoms. The molecule has 0 aliphatic rings. The Bertz CT molecular complexity index is 276. The molecular formula is C9H13NO2S. The Morgan fingerprint density at radius 2 is 2.38 bits per heavy atom. The van der Waals surface area contributed by atoms with Crippen LogP contribution in [0.3, 0.4) is 0 Å². The molecule has 1 aromatic rings. The van der Waals surface area contributed by atoms with Gasteiger partial charge in [-0.2, -0.15) is 0 Å². The van der Waals surface area contributed by atoms with Crippen LogP contribution in [0.2, 0.25) is 0 Å². The largest absolute Gasteiger partial charge is 0.374 e. The third-order valence-corrected chi connectivity index (χ3v) is 2.46. The van der Waals surface area contributed by atoms with Crippen LogP contribution < -0.4 is 0 Å². The second-order valence-electron chi connectivity index (χ2n) is 2.72. The molecule has 1 heterocycles. The third kappa shape index (κ3) is 3.24. The van der Waals surface area contributed by atoms with Crippen molar-refractivity contribution in [2.45, 2.75) is 6.10 Å². The van der Waals surface area contributed by atoms with Crippen LogP contribution in [0.25, 0.3) is 0 Å². The lowest BCUT2D eigenvalue weighted by Crippen LogP contribution is -2.11. The Kier molecular flexibility index (Phi) is 4.05. The lowest BCUT2D eigenvalue weighted by atomic mass is 10.2. The SMILES string of the molecule is CO[C@@H](C[S@](C)=O)c1ccccn1. The van der Waals surface area contributed by atoms with Crippen molar-refractivity contribution in [3.05, 3.63) is 30.1 Å². The third-order valence-electron chi connectivity index (χ3n) is 1.69. The molecule has 1 rings (SSSR count). The first-order valence-electron chi connectivity index (χ1n) is 3.97. The van der Waals surface area contributed by atoms with Crippen molar-refractivity contribution in [3.8, 4) is 0 Å². The van der Waals surface area contributed by atoms with Crippen molar-refractivity contribution in [1.82, 2.24) is 4.98 Å². The number of aromatic nitrogens is 1. The Balaban J connectivity index is 2.73. The van der Waals surface area contributed by atoms with E-state index in [1.807, 2.05) is 18.2 Å². The highest BCUT2D eigenvalue weighted by molar-refractivity contribution is 7.84. The fourth-order valence-electron chi connectivity index (χ4n) is 1.05. The van der Waals surface area contributed by atoms with E-state index in [2.05, 4.69) is 4.98 Å². The van der Waals surface area contributed by atoms with E-state index in [4.69, 9.17) is 4.74 Å². The van der Waals surface area contributed by atoms with Crippen LogP contribution in [-0.2, 0) is 15.5 Å². The van der Waals surface area contributed by atoms with Crippen molar-refractivity contribution in [1.29, 1.82) is 0 Å². The minimum Gasteiger partial charge on any atom is -0.374 e. The number of hydrogen-bond acceptors (Lipinski definition) is 3. The molecule has 72 valence electrons. The molecule has 0 saturated heterocycles. The molecule has 1 aromatic heterocycles. The maximum Gasteiger partial charge on any atom is 0.110 e. The quantitative estimate of drug-likeness (QED) is 0.730. The Morgan fingerprint density at radius 3 is 2.85 bits per heavy atom. The van der Waals surface area contributed by atoms with Crippen molar-refractivity contribution in [2.75, 3.05) is 19.1 Å². The number of nitrogens with zero attached hydrogens (tertiary/aromatic N) is 1. The van der Waals surface area contributed by atoms with Gasteiger partial charge in [0.25, 0.3) is 0 Å². The first-order valence-corrected chi connectivity index (χ1v) is 5.70. The molecule has 2 atom stereocenters. The number of rotatable bonds is 4. The van der Waals surface area contributed by atoms with Gasteiger partial charge in [0.2, 0.25) is 0 Å². The number of ether oxygens (including phenoxy) is 1. The van der Waals surface area contributed by atoms with E-state index in [9.17, 15) is 4.21 Å². The van der Waals surface area contributed by atoms with Gasteiger partial charge in [0, 0.05) is 30.4 Å². The molecule has 0 radical (unpaired) electrons. The molecule has 0 aromatic carbocycles. The summed E-state index contributed by atoms with van der Waals surface area (Å²) in [5.41, 5.74) is 0.834. The minimum absolute atomic E-state index is 0.160. The zero-order chi connectivity index (χ0) is 9.68. The maximum atomic E-state index is 11.0. The smallest absolute Gasteiger partial charge is 0.110 e. The Hall–Kier alpha value is -0.740. The standard InChI is InChI=1S/C9H13NO2S/c1-12-9(7-13(2)11)8-5-3-4-6-10-8/h3-6,9H,7H2,1-2H3/t9-,13-/m0/s1. The number of pyridine rings is 1. The van der Waals surface area contributed by atoms with Crippen molar-refractivity contribution in [2.24, 2.45) is 0 Å². The van der Waals surface area contributed by atoms with Crippen LogP contribution in [0.4, 0.5) is 0 Å². The van der Waals surface area contributed by atoms with Crippen LogP contribution in [-0.4, -0.2) is 28.3 Å². The summed E-state index contributed by atoms with van der Waals surface area (Å²) in [5, 5.41) is 0. The van der Waals surface area contributed by atoms with E-state index < -0.39 is 10.8 Å². The second-order valence-corrected chi connectivity index (χ2v) is 4.20. The van der Waals surface area contributed by atoms with Gasteiger partial charge >= 0.3 is 0 Å². The monoisotopic (exact) mass is 199 g/mol. The summed E-state index contributed by atoms with van der Waals surface area (Å²) in [5.74, 6) is 0.494. The summed E-state index contributed by atoms with van der Waals surface area (Å²) in [4.78, 5) is 4.14. The zero-order valence-electron chi connectivity index (χ0n) is 7.77. The predicted molar refractivity (Wildman–Crippen MR) is 52.9 cm³/mol. The Labute approximate surface area is 80.6 Å². The molecule has 0 aliphatic heterocycles. The zero-order valence-corrected chi connectivity index (χ0v) is 8.58. The van der Waals surface area contributed by atoms with Gasteiger partial charge in [0.15, 0.2) is 0 Å².